The summed E-state index contributed by atoms with van der Waals surface area (Å²) in [6.07, 6.45) is 1.68. The number of Topliss-reactive ketones (excluding diaryl/α,β-unsaturated/α-hetero) is 2. The molecule has 3 aromatic rings. The lowest BCUT2D eigenvalue weighted by Crippen LogP contribution is -2.35. The van der Waals surface area contributed by atoms with Crippen LogP contribution in [0.5, 0.6) is 5.75 Å². The molecule has 4 rings (SSSR count). The van der Waals surface area contributed by atoms with E-state index in [1.54, 1.807) is 30.3 Å². The summed E-state index contributed by atoms with van der Waals surface area (Å²) in [7, 11) is 2.10. The monoisotopic (exact) mass is 433 g/mol. The van der Waals surface area contributed by atoms with Crippen molar-refractivity contribution in [2.75, 3.05) is 20.1 Å². The molecule has 1 fully saturated rings. The Morgan fingerprint density at radius 1 is 1.09 bits per heavy atom. The molecule has 32 heavy (non-hydrogen) atoms. The van der Waals surface area contributed by atoms with E-state index in [2.05, 4.69) is 11.9 Å². The zero-order chi connectivity index (χ0) is 22.7. The smallest absolute Gasteiger partial charge is 0.339 e. The van der Waals surface area contributed by atoms with Crippen molar-refractivity contribution in [2.45, 2.75) is 38.7 Å². The van der Waals surface area contributed by atoms with E-state index in [-0.39, 0.29) is 36.1 Å². The van der Waals surface area contributed by atoms with Crippen molar-refractivity contribution in [3.63, 3.8) is 0 Å². The van der Waals surface area contributed by atoms with Crippen LogP contribution in [0.25, 0.3) is 11.0 Å². The second-order valence-corrected chi connectivity index (χ2v) is 8.47. The van der Waals surface area contributed by atoms with Crippen molar-refractivity contribution in [1.29, 1.82) is 0 Å². The van der Waals surface area contributed by atoms with Crippen LogP contribution in [0.4, 0.5) is 0 Å². The van der Waals surface area contributed by atoms with Crippen molar-refractivity contribution >= 4 is 22.5 Å². The summed E-state index contributed by atoms with van der Waals surface area (Å²) in [5, 5.41) is 0.731. The average Bonchev–Trinajstić information content (AvgIpc) is 2.79. The third-order valence-corrected chi connectivity index (χ3v) is 5.97. The molecule has 1 aliphatic heterocycles. The van der Waals surface area contributed by atoms with E-state index in [4.69, 9.17) is 9.15 Å². The summed E-state index contributed by atoms with van der Waals surface area (Å²) in [6, 6.07) is 14.1. The number of nitrogens with zero attached hydrogens (tertiary/aromatic N) is 1. The number of hydrogen-bond acceptors (Lipinski definition) is 6. The highest BCUT2D eigenvalue weighted by Gasteiger charge is 2.20. The van der Waals surface area contributed by atoms with Gasteiger partial charge in [-0.1, -0.05) is 30.3 Å². The summed E-state index contributed by atoms with van der Waals surface area (Å²) in [5.41, 5.74) is 1.43. The summed E-state index contributed by atoms with van der Waals surface area (Å²) in [5.74, 6) is 0.143. The first-order valence-corrected chi connectivity index (χ1v) is 10.9. The van der Waals surface area contributed by atoms with Gasteiger partial charge in [-0.05, 0) is 45.0 Å². The predicted molar refractivity (Wildman–Crippen MR) is 122 cm³/mol. The molecule has 0 N–H and O–H groups in total. The molecule has 2 aromatic carbocycles. The van der Waals surface area contributed by atoms with Gasteiger partial charge < -0.3 is 14.1 Å². The number of benzene rings is 2. The van der Waals surface area contributed by atoms with E-state index in [1.165, 1.54) is 0 Å². The molecule has 0 aliphatic carbocycles. The number of fused-ring (bicyclic) bond motifs is 1. The van der Waals surface area contributed by atoms with Gasteiger partial charge in [0.15, 0.2) is 5.78 Å². The minimum atomic E-state index is -0.558. The molecule has 2 heterocycles. The highest BCUT2D eigenvalue weighted by Crippen LogP contribution is 2.29. The second-order valence-electron chi connectivity index (χ2n) is 8.47. The van der Waals surface area contributed by atoms with E-state index in [9.17, 15) is 14.4 Å². The van der Waals surface area contributed by atoms with Crippen LogP contribution in [0.1, 0.15) is 40.7 Å². The van der Waals surface area contributed by atoms with Crippen molar-refractivity contribution in [2.24, 2.45) is 0 Å². The number of aryl methyl sites for hydroxylation is 1. The minimum absolute atomic E-state index is 0.135. The van der Waals surface area contributed by atoms with Crippen molar-refractivity contribution < 1.29 is 18.7 Å². The van der Waals surface area contributed by atoms with E-state index >= 15 is 0 Å². The molecule has 1 aromatic heterocycles. The maximum absolute atomic E-state index is 12.6. The van der Waals surface area contributed by atoms with Crippen LogP contribution in [-0.2, 0) is 11.2 Å². The highest BCUT2D eigenvalue weighted by atomic mass is 16.5. The standard InChI is InChI=1S/C26H27NO5/c1-17-24(31-22-10-12-27(2)13-11-22)9-8-19-14-20(26(30)32-25(17)19)15-21(28)16-23(29)18-6-4-3-5-7-18/h3-9,14,22H,10-13,15-16H2,1-2H3. The molecule has 1 aliphatic rings. The van der Waals surface area contributed by atoms with Gasteiger partial charge in [0.1, 0.15) is 23.2 Å². The third-order valence-electron chi connectivity index (χ3n) is 5.97. The van der Waals surface area contributed by atoms with Gasteiger partial charge >= 0.3 is 5.63 Å². The Labute approximate surface area is 186 Å². The van der Waals surface area contributed by atoms with Crippen molar-refractivity contribution in [1.82, 2.24) is 4.90 Å². The zero-order valence-corrected chi connectivity index (χ0v) is 18.4. The average molecular weight is 434 g/mol. The number of carbonyl (C=O) groups is 2. The summed E-state index contributed by atoms with van der Waals surface area (Å²) < 4.78 is 11.8. The largest absolute Gasteiger partial charge is 0.490 e. The van der Waals surface area contributed by atoms with Gasteiger partial charge in [0, 0.05) is 41.6 Å². The molecule has 1 saturated heterocycles. The molecule has 0 spiro atoms. The summed E-state index contributed by atoms with van der Waals surface area (Å²) >= 11 is 0. The number of likely N-dealkylation sites (tertiary alicyclic amines) is 1. The number of rotatable bonds is 7. The number of carbonyl (C=O) groups excluding carboxylic acids is 2. The lowest BCUT2D eigenvalue weighted by atomic mass is 10.0. The van der Waals surface area contributed by atoms with E-state index < -0.39 is 5.63 Å². The zero-order valence-electron chi connectivity index (χ0n) is 18.4. The molecule has 0 atom stereocenters. The minimum Gasteiger partial charge on any atom is -0.490 e. The number of ether oxygens (including phenoxy) is 1. The Balaban J connectivity index is 1.49. The van der Waals surface area contributed by atoms with E-state index in [1.807, 2.05) is 25.1 Å². The van der Waals surface area contributed by atoms with Crippen LogP contribution < -0.4 is 10.4 Å². The fraction of sp³-hybridized carbons (Fsp3) is 0.346. The molecule has 0 amide bonds. The normalized spacial score (nSPS) is 15.1. The summed E-state index contributed by atoms with van der Waals surface area (Å²) in [4.78, 5) is 39.5. The first-order chi connectivity index (χ1) is 15.4. The SMILES string of the molecule is Cc1c(OC2CCN(C)CC2)ccc2cc(CC(=O)CC(=O)c3ccccc3)c(=O)oc12. The maximum atomic E-state index is 12.6. The van der Waals surface area contributed by atoms with E-state index in [0.717, 1.165) is 36.9 Å². The Morgan fingerprint density at radius 2 is 1.81 bits per heavy atom. The Kier molecular flexibility index (Phi) is 6.51. The molecule has 6 nitrogen and oxygen atoms in total. The van der Waals surface area contributed by atoms with Gasteiger partial charge in [0.2, 0.25) is 0 Å². The molecular weight excluding hydrogens is 406 g/mol. The van der Waals surface area contributed by atoms with Gasteiger partial charge in [0.25, 0.3) is 0 Å². The van der Waals surface area contributed by atoms with Crippen LogP contribution in [0, 0.1) is 6.92 Å². The fourth-order valence-corrected chi connectivity index (χ4v) is 4.06. The van der Waals surface area contributed by atoms with Crippen LogP contribution >= 0.6 is 0 Å². The number of hydrogen-bond donors (Lipinski definition) is 0. The van der Waals surface area contributed by atoms with Gasteiger partial charge in [-0.15, -0.1) is 0 Å². The van der Waals surface area contributed by atoms with Crippen LogP contribution in [-0.4, -0.2) is 42.7 Å². The maximum Gasteiger partial charge on any atom is 0.339 e. The molecule has 0 unspecified atom stereocenters. The molecular formula is C26H27NO5. The number of piperidine rings is 1. The van der Waals surface area contributed by atoms with Gasteiger partial charge in [-0.25, -0.2) is 4.79 Å². The van der Waals surface area contributed by atoms with Gasteiger partial charge in [0.05, 0.1) is 6.42 Å². The van der Waals surface area contributed by atoms with Crippen LogP contribution in [0.3, 0.4) is 0 Å². The number of ketones is 2. The van der Waals surface area contributed by atoms with Crippen molar-refractivity contribution in [3.05, 3.63) is 75.6 Å². The molecule has 6 heteroatoms. The fourth-order valence-electron chi connectivity index (χ4n) is 4.06. The van der Waals surface area contributed by atoms with Crippen molar-refractivity contribution in [3.8, 4) is 5.75 Å². The highest BCUT2D eigenvalue weighted by molar-refractivity contribution is 6.08. The lowest BCUT2D eigenvalue weighted by Gasteiger charge is -2.29. The topological polar surface area (TPSA) is 76.8 Å². The molecule has 0 saturated carbocycles. The quantitative estimate of drug-likeness (QED) is 0.319. The Bertz CT molecular complexity index is 1190. The third kappa shape index (κ3) is 4.97. The summed E-state index contributed by atoms with van der Waals surface area (Å²) in [6.45, 7) is 3.87. The van der Waals surface area contributed by atoms with Gasteiger partial charge in [-0.2, -0.15) is 0 Å². The molecule has 0 bridgehead atoms. The second kappa shape index (κ2) is 9.49. The molecule has 166 valence electrons. The van der Waals surface area contributed by atoms with E-state index in [0.29, 0.717) is 16.9 Å². The first-order valence-electron chi connectivity index (χ1n) is 10.9. The van der Waals surface area contributed by atoms with Crippen LogP contribution in [0.2, 0.25) is 0 Å². The van der Waals surface area contributed by atoms with Crippen LogP contribution in [0.15, 0.2) is 57.7 Å². The Morgan fingerprint density at radius 3 is 2.53 bits per heavy atom. The predicted octanol–water partition coefficient (Wildman–Crippen LogP) is 3.96. The first kappa shape index (κ1) is 22.0. The lowest BCUT2D eigenvalue weighted by molar-refractivity contribution is -0.117. The Hall–Kier alpha value is -3.25. The van der Waals surface area contributed by atoms with Gasteiger partial charge in [-0.3, -0.25) is 9.59 Å². The molecule has 0 radical (unpaired) electrons.